The Labute approximate surface area is 150 Å². The molecule has 1 aliphatic carbocycles. The lowest BCUT2D eigenvalue weighted by Gasteiger charge is -2.36. The monoisotopic (exact) mass is 337 g/mol. The summed E-state index contributed by atoms with van der Waals surface area (Å²) in [6.07, 6.45) is 7.06. The van der Waals surface area contributed by atoms with Crippen LogP contribution in [0.4, 0.5) is 17.5 Å². The largest absolute Gasteiger partial charge is 0.368 e. The van der Waals surface area contributed by atoms with Crippen molar-refractivity contribution in [2.75, 3.05) is 41.3 Å². The molecule has 2 fully saturated rings. The summed E-state index contributed by atoms with van der Waals surface area (Å²) in [5.41, 5.74) is 2.63. The van der Waals surface area contributed by atoms with E-state index in [2.05, 4.69) is 51.3 Å². The van der Waals surface area contributed by atoms with Crippen LogP contribution in [-0.4, -0.2) is 42.2 Å². The molecule has 1 N–H and O–H groups in total. The van der Waals surface area contributed by atoms with E-state index < -0.39 is 0 Å². The van der Waals surface area contributed by atoms with Crippen LogP contribution in [0.5, 0.6) is 0 Å². The molecule has 1 aliphatic heterocycles. The highest BCUT2D eigenvalue weighted by atomic mass is 15.3. The Bertz CT molecular complexity index is 703. The molecule has 5 heteroatoms. The molecule has 0 radical (unpaired) electrons. The first-order valence-corrected chi connectivity index (χ1v) is 9.44. The van der Waals surface area contributed by atoms with Crippen LogP contribution in [0, 0.1) is 6.92 Å². The topological polar surface area (TPSA) is 44.3 Å². The molecule has 0 bridgehead atoms. The van der Waals surface area contributed by atoms with Crippen LogP contribution < -0.4 is 15.1 Å². The highest BCUT2D eigenvalue weighted by molar-refractivity contribution is 5.50. The van der Waals surface area contributed by atoms with Crippen molar-refractivity contribution < 1.29 is 0 Å². The van der Waals surface area contributed by atoms with Gasteiger partial charge in [0.25, 0.3) is 0 Å². The van der Waals surface area contributed by atoms with Gasteiger partial charge in [-0.15, -0.1) is 0 Å². The van der Waals surface area contributed by atoms with Gasteiger partial charge in [-0.3, -0.25) is 0 Å². The zero-order valence-electron chi connectivity index (χ0n) is 15.0. The van der Waals surface area contributed by atoms with Crippen molar-refractivity contribution in [3.05, 3.63) is 42.1 Å². The van der Waals surface area contributed by atoms with Gasteiger partial charge in [-0.2, -0.15) is 4.98 Å². The first kappa shape index (κ1) is 16.2. The fourth-order valence-electron chi connectivity index (χ4n) is 3.85. The summed E-state index contributed by atoms with van der Waals surface area (Å²) in [6.45, 7) is 6.08. The quantitative estimate of drug-likeness (QED) is 0.925. The first-order chi connectivity index (χ1) is 12.3. The van der Waals surface area contributed by atoms with Crippen molar-refractivity contribution >= 4 is 17.5 Å². The van der Waals surface area contributed by atoms with Gasteiger partial charge < -0.3 is 15.1 Å². The molecule has 0 amide bonds. The molecule has 2 aliphatic rings. The summed E-state index contributed by atoms with van der Waals surface area (Å²) in [7, 11) is 0. The van der Waals surface area contributed by atoms with Crippen LogP contribution >= 0.6 is 0 Å². The van der Waals surface area contributed by atoms with Gasteiger partial charge in [0, 0.05) is 44.1 Å². The summed E-state index contributed by atoms with van der Waals surface area (Å²) >= 11 is 0. The molecule has 25 heavy (non-hydrogen) atoms. The zero-order valence-corrected chi connectivity index (χ0v) is 15.0. The minimum atomic E-state index is 0.584. The van der Waals surface area contributed by atoms with Crippen LogP contribution in [0.3, 0.4) is 0 Å². The standard InChI is InChI=1S/C20H27N5/c1-16-5-4-8-18(15-16)24-11-13-25(14-12-24)20-21-10-9-19(23-20)22-17-6-2-3-7-17/h4-5,8-10,15,17H,2-3,6-7,11-14H2,1H3,(H,21,22,23). The molecular weight excluding hydrogens is 310 g/mol. The number of nitrogens with zero attached hydrogens (tertiary/aromatic N) is 4. The van der Waals surface area contributed by atoms with Gasteiger partial charge in [-0.05, 0) is 43.5 Å². The van der Waals surface area contributed by atoms with Crippen molar-refractivity contribution in [1.82, 2.24) is 9.97 Å². The molecule has 0 spiro atoms. The summed E-state index contributed by atoms with van der Waals surface area (Å²) in [5.74, 6) is 1.82. The van der Waals surface area contributed by atoms with E-state index in [0.717, 1.165) is 37.9 Å². The van der Waals surface area contributed by atoms with Gasteiger partial charge >= 0.3 is 0 Å². The third kappa shape index (κ3) is 3.86. The van der Waals surface area contributed by atoms with Crippen molar-refractivity contribution in [3.63, 3.8) is 0 Å². The van der Waals surface area contributed by atoms with E-state index >= 15 is 0 Å². The third-order valence-electron chi connectivity index (χ3n) is 5.28. The number of piperazine rings is 1. The van der Waals surface area contributed by atoms with E-state index in [1.54, 1.807) is 0 Å². The number of aryl methyl sites for hydroxylation is 1. The van der Waals surface area contributed by atoms with Crippen molar-refractivity contribution in [3.8, 4) is 0 Å². The predicted octanol–water partition coefficient (Wildman–Crippen LogP) is 3.47. The summed E-state index contributed by atoms with van der Waals surface area (Å²) < 4.78 is 0. The Morgan fingerprint density at radius 2 is 1.76 bits per heavy atom. The third-order valence-corrected chi connectivity index (χ3v) is 5.28. The maximum absolute atomic E-state index is 4.76. The number of aromatic nitrogens is 2. The van der Waals surface area contributed by atoms with Gasteiger partial charge in [0.2, 0.25) is 5.95 Å². The lowest BCUT2D eigenvalue weighted by molar-refractivity contribution is 0.639. The SMILES string of the molecule is Cc1cccc(N2CCN(c3nccc(NC4CCCC4)n3)CC2)c1. The molecule has 2 heterocycles. The van der Waals surface area contributed by atoms with Gasteiger partial charge in [0.1, 0.15) is 5.82 Å². The maximum atomic E-state index is 4.76. The van der Waals surface area contributed by atoms with E-state index in [9.17, 15) is 0 Å². The van der Waals surface area contributed by atoms with Gasteiger partial charge in [-0.25, -0.2) is 4.98 Å². The number of hydrogen-bond donors (Lipinski definition) is 1. The van der Waals surface area contributed by atoms with Gasteiger partial charge in [0.15, 0.2) is 0 Å². The second kappa shape index (κ2) is 7.30. The molecule has 1 saturated heterocycles. The molecule has 5 nitrogen and oxygen atoms in total. The number of hydrogen-bond acceptors (Lipinski definition) is 5. The minimum absolute atomic E-state index is 0.584. The fraction of sp³-hybridized carbons (Fsp3) is 0.500. The highest BCUT2D eigenvalue weighted by Gasteiger charge is 2.20. The summed E-state index contributed by atoms with van der Waals surface area (Å²) in [6, 6.07) is 11.3. The van der Waals surface area contributed by atoms with Crippen molar-refractivity contribution in [1.29, 1.82) is 0 Å². The Morgan fingerprint density at radius 3 is 2.52 bits per heavy atom. The van der Waals surface area contributed by atoms with Crippen LogP contribution in [0.25, 0.3) is 0 Å². The molecule has 4 rings (SSSR count). The molecule has 1 saturated carbocycles. The average molecular weight is 337 g/mol. The fourth-order valence-corrected chi connectivity index (χ4v) is 3.85. The van der Waals surface area contributed by atoms with E-state index in [1.165, 1.54) is 36.9 Å². The Kier molecular flexibility index (Phi) is 4.72. The van der Waals surface area contributed by atoms with Crippen molar-refractivity contribution in [2.45, 2.75) is 38.6 Å². The van der Waals surface area contributed by atoms with Crippen LogP contribution in [-0.2, 0) is 0 Å². The van der Waals surface area contributed by atoms with Crippen molar-refractivity contribution in [2.24, 2.45) is 0 Å². The first-order valence-electron chi connectivity index (χ1n) is 9.44. The Hall–Kier alpha value is -2.30. The molecule has 1 aromatic heterocycles. The summed E-state index contributed by atoms with van der Waals surface area (Å²) in [4.78, 5) is 14.0. The predicted molar refractivity (Wildman–Crippen MR) is 104 cm³/mol. The molecule has 1 aromatic carbocycles. The maximum Gasteiger partial charge on any atom is 0.227 e. The van der Waals surface area contributed by atoms with Crippen LogP contribution in [0.15, 0.2) is 36.5 Å². The summed E-state index contributed by atoms with van der Waals surface area (Å²) in [5, 5.41) is 3.57. The molecular formula is C20H27N5. The Morgan fingerprint density at radius 1 is 1.00 bits per heavy atom. The second-order valence-electron chi connectivity index (χ2n) is 7.18. The molecule has 2 aromatic rings. The molecule has 0 atom stereocenters. The second-order valence-corrected chi connectivity index (χ2v) is 7.18. The van der Waals surface area contributed by atoms with Crippen LogP contribution in [0.2, 0.25) is 0 Å². The minimum Gasteiger partial charge on any atom is -0.368 e. The number of nitrogens with one attached hydrogen (secondary N) is 1. The van der Waals surface area contributed by atoms with E-state index in [-0.39, 0.29) is 0 Å². The van der Waals surface area contributed by atoms with Gasteiger partial charge in [0.05, 0.1) is 0 Å². The lowest BCUT2D eigenvalue weighted by Crippen LogP contribution is -2.47. The zero-order chi connectivity index (χ0) is 17.1. The lowest BCUT2D eigenvalue weighted by atomic mass is 10.2. The number of rotatable bonds is 4. The van der Waals surface area contributed by atoms with E-state index in [1.807, 2.05) is 12.3 Å². The van der Waals surface area contributed by atoms with E-state index in [0.29, 0.717) is 6.04 Å². The average Bonchev–Trinajstić information content (AvgIpc) is 3.15. The molecule has 132 valence electrons. The Balaban J connectivity index is 1.38. The van der Waals surface area contributed by atoms with Gasteiger partial charge in [-0.1, -0.05) is 25.0 Å². The normalized spacial score (nSPS) is 18.6. The van der Waals surface area contributed by atoms with Crippen LogP contribution in [0.1, 0.15) is 31.2 Å². The highest BCUT2D eigenvalue weighted by Crippen LogP contribution is 2.23. The van der Waals surface area contributed by atoms with E-state index in [4.69, 9.17) is 4.98 Å². The molecule has 0 unspecified atom stereocenters. The number of benzene rings is 1. The smallest absolute Gasteiger partial charge is 0.227 e. The number of anilines is 3.